The van der Waals surface area contributed by atoms with Crippen LogP contribution in [0.4, 0.5) is 18.9 Å². The zero-order chi connectivity index (χ0) is 21.0. The molecule has 0 saturated heterocycles. The maximum Gasteiger partial charge on any atom is 0.433 e. The van der Waals surface area contributed by atoms with Gasteiger partial charge in [-0.3, -0.25) is 10.3 Å². The first-order valence-electron chi connectivity index (χ1n) is 8.88. The van der Waals surface area contributed by atoms with E-state index >= 15 is 0 Å². The van der Waals surface area contributed by atoms with Gasteiger partial charge in [-0.25, -0.2) is 9.97 Å². The lowest BCUT2D eigenvalue weighted by Crippen LogP contribution is -2.21. The summed E-state index contributed by atoms with van der Waals surface area (Å²) < 4.78 is 43.3. The minimum Gasteiger partial charge on any atom is -0.437 e. The highest BCUT2D eigenvalue weighted by atomic mass is 19.4. The molecule has 3 aromatic heterocycles. The summed E-state index contributed by atoms with van der Waals surface area (Å²) >= 11 is 0. The van der Waals surface area contributed by atoms with Gasteiger partial charge in [-0.1, -0.05) is 6.07 Å². The number of hydrogen-bond acceptors (Lipinski definition) is 7. The molecule has 4 aromatic rings. The number of H-pyrrole nitrogens is 1. The standard InChI is InChI=1S/C19H16F3N7O/c20-19(21,22)15-6-1-12(8-24-15)7-23-9-25-13-2-4-14(5-3-13)30-18-16-17(27-10-26-16)28-11-29-18/h1-6,8,10-11,23,25H,7,9H2,(H,26,27,28,29). The van der Waals surface area contributed by atoms with Gasteiger partial charge in [0.25, 0.3) is 5.88 Å². The summed E-state index contributed by atoms with van der Waals surface area (Å²) in [6.45, 7) is 0.799. The number of hydrogen-bond donors (Lipinski definition) is 3. The molecule has 0 saturated carbocycles. The van der Waals surface area contributed by atoms with Gasteiger partial charge in [-0.05, 0) is 35.9 Å². The van der Waals surface area contributed by atoms with Crippen molar-refractivity contribution in [3.05, 3.63) is 66.5 Å². The fourth-order valence-electron chi connectivity index (χ4n) is 2.64. The Morgan fingerprint density at radius 1 is 0.967 bits per heavy atom. The van der Waals surface area contributed by atoms with Gasteiger partial charge in [0.05, 0.1) is 13.0 Å². The molecule has 0 atom stereocenters. The molecule has 0 amide bonds. The average Bonchev–Trinajstić information content (AvgIpc) is 3.22. The van der Waals surface area contributed by atoms with Crippen molar-refractivity contribution in [1.82, 2.24) is 30.2 Å². The maximum absolute atomic E-state index is 12.5. The van der Waals surface area contributed by atoms with E-state index in [1.54, 1.807) is 12.1 Å². The molecule has 0 radical (unpaired) electrons. The summed E-state index contributed by atoms with van der Waals surface area (Å²) in [7, 11) is 0. The normalized spacial score (nSPS) is 11.6. The van der Waals surface area contributed by atoms with E-state index in [4.69, 9.17) is 4.74 Å². The molecular formula is C19H16F3N7O. The van der Waals surface area contributed by atoms with Gasteiger partial charge < -0.3 is 15.0 Å². The van der Waals surface area contributed by atoms with Crippen molar-refractivity contribution in [3.63, 3.8) is 0 Å². The van der Waals surface area contributed by atoms with E-state index in [1.807, 2.05) is 12.1 Å². The van der Waals surface area contributed by atoms with E-state index in [9.17, 15) is 13.2 Å². The van der Waals surface area contributed by atoms with Gasteiger partial charge in [0, 0.05) is 18.4 Å². The second-order valence-corrected chi connectivity index (χ2v) is 6.23. The average molecular weight is 415 g/mol. The Morgan fingerprint density at radius 2 is 1.80 bits per heavy atom. The number of pyridine rings is 1. The van der Waals surface area contributed by atoms with E-state index in [-0.39, 0.29) is 0 Å². The highest BCUT2D eigenvalue weighted by Crippen LogP contribution is 2.27. The fourth-order valence-corrected chi connectivity index (χ4v) is 2.64. The molecule has 0 unspecified atom stereocenters. The number of aromatic nitrogens is 5. The third-order valence-electron chi connectivity index (χ3n) is 4.11. The van der Waals surface area contributed by atoms with Gasteiger partial charge in [0.1, 0.15) is 17.8 Å². The van der Waals surface area contributed by atoms with Crippen LogP contribution in [0.15, 0.2) is 55.2 Å². The number of fused-ring (bicyclic) bond motifs is 1. The SMILES string of the molecule is FC(F)(F)c1ccc(CNCNc2ccc(Oc3ncnc4[nH]cnc34)cc2)cn1. The van der Waals surface area contributed by atoms with Crippen LogP contribution >= 0.6 is 0 Å². The van der Waals surface area contributed by atoms with Gasteiger partial charge in [-0.2, -0.15) is 18.2 Å². The Kier molecular flexibility index (Phi) is 5.44. The van der Waals surface area contributed by atoms with Crippen LogP contribution in [0.3, 0.4) is 0 Å². The number of nitrogens with one attached hydrogen (secondary N) is 3. The molecule has 8 nitrogen and oxygen atoms in total. The molecular weight excluding hydrogens is 399 g/mol. The van der Waals surface area contributed by atoms with Crippen molar-refractivity contribution in [2.45, 2.75) is 12.7 Å². The first-order chi connectivity index (χ1) is 14.5. The van der Waals surface area contributed by atoms with Crippen LogP contribution < -0.4 is 15.4 Å². The smallest absolute Gasteiger partial charge is 0.433 e. The van der Waals surface area contributed by atoms with Gasteiger partial charge >= 0.3 is 6.18 Å². The number of ether oxygens (including phenoxy) is 1. The molecule has 1 aromatic carbocycles. The molecule has 0 spiro atoms. The Hall–Kier alpha value is -3.73. The van der Waals surface area contributed by atoms with E-state index in [2.05, 4.69) is 35.6 Å². The molecule has 154 valence electrons. The Balaban J connectivity index is 1.26. The van der Waals surface area contributed by atoms with Crippen molar-refractivity contribution in [2.24, 2.45) is 0 Å². The third-order valence-corrected chi connectivity index (χ3v) is 4.11. The van der Waals surface area contributed by atoms with Crippen LogP contribution in [-0.2, 0) is 12.7 Å². The monoisotopic (exact) mass is 415 g/mol. The fraction of sp³-hybridized carbons (Fsp3) is 0.158. The van der Waals surface area contributed by atoms with E-state index in [0.717, 1.165) is 11.8 Å². The highest BCUT2D eigenvalue weighted by molar-refractivity contribution is 5.75. The number of nitrogens with zero attached hydrogens (tertiary/aromatic N) is 4. The Morgan fingerprint density at radius 3 is 2.53 bits per heavy atom. The molecule has 0 aliphatic carbocycles. The lowest BCUT2D eigenvalue weighted by atomic mass is 10.2. The number of halogens is 3. The van der Waals surface area contributed by atoms with Crippen LogP contribution in [0.2, 0.25) is 0 Å². The number of aromatic amines is 1. The van der Waals surface area contributed by atoms with E-state index in [0.29, 0.717) is 41.6 Å². The summed E-state index contributed by atoms with van der Waals surface area (Å²) in [6, 6.07) is 9.60. The predicted molar refractivity (Wildman–Crippen MR) is 103 cm³/mol. The quantitative estimate of drug-likeness (QED) is 0.312. The van der Waals surface area contributed by atoms with Crippen LogP contribution in [0.25, 0.3) is 11.2 Å². The molecule has 0 fully saturated rings. The number of benzene rings is 1. The topological polar surface area (TPSA) is 101 Å². The van der Waals surface area contributed by atoms with Crippen molar-refractivity contribution in [2.75, 3.05) is 12.0 Å². The van der Waals surface area contributed by atoms with Crippen LogP contribution in [0.1, 0.15) is 11.3 Å². The van der Waals surface area contributed by atoms with Crippen molar-refractivity contribution in [1.29, 1.82) is 0 Å². The lowest BCUT2D eigenvalue weighted by Gasteiger charge is -2.10. The summed E-state index contributed by atoms with van der Waals surface area (Å²) in [5.41, 5.74) is 1.73. The molecule has 0 aliphatic rings. The van der Waals surface area contributed by atoms with Gasteiger partial charge in [-0.15, -0.1) is 0 Å². The third kappa shape index (κ3) is 4.63. The van der Waals surface area contributed by atoms with Crippen molar-refractivity contribution in [3.8, 4) is 11.6 Å². The lowest BCUT2D eigenvalue weighted by molar-refractivity contribution is -0.141. The second kappa shape index (κ2) is 8.33. The molecule has 3 heterocycles. The Bertz CT molecular complexity index is 1110. The number of rotatable bonds is 7. The van der Waals surface area contributed by atoms with Gasteiger partial charge in [0.15, 0.2) is 11.2 Å². The zero-order valence-corrected chi connectivity index (χ0v) is 15.4. The predicted octanol–water partition coefficient (Wildman–Crippen LogP) is 3.72. The van der Waals surface area contributed by atoms with Crippen molar-refractivity contribution >= 4 is 16.9 Å². The molecule has 11 heteroatoms. The molecule has 3 N–H and O–H groups in total. The molecule has 0 bridgehead atoms. The second-order valence-electron chi connectivity index (χ2n) is 6.23. The maximum atomic E-state index is 12.5. The molecule has 0 aliphatic heterocycles. The summed E-state index contributed by atoms with van der Waals surface area (Å²) in [4.78, 5) is 18.6. The van der Waals surface area contributed by atoms with Crippen LogP contribution in [-0.4, -0.2) is 31.6 Å². The Labute approximate surface area is 168 Å². The largest absolute Gasteiger partial charge is 0.437 e. The van der Waals surface area contributed by atoms with Crippen LogP contribution in [0, 0.1) is 0 Å². The minimum atomic E-state index is -4.43. The zero-order valence-electron chi connectivity index (χ0n) is 15.4. The first-order valence-corrected chi connectivity index (χ1v) is 8.88. The summed E-state index contributed by atoms with van der Waals surface area (Å²) in [6.07, 6.45) is -0.303. The minimum absolute atomic E-state index is 0.355. The first kappa shape index (κ1) is 19.6. The van der Waals surface area contributed by atoms with E-state index in [1.165, 1.54) is 24.9 Å². The van der Waals surface area contributed by atoms with Gasteiger partial charge in [0.2, 0.25) is 0 Å². The number of alkyl halides is 3. The summed E-state index contributed by atoms with van der Waals surface area (Å²) in [5, 5.41) is 6.24. The number of anilines is 1. The highest BCUT2D eigenvalue weighted by Gasteiger charge is 2.31. The van der Waals surface area contributed by atoms with Crippen LogP contribution in [0.5, 0.6) is 11.6 Å². The number of imidazole rings is 1. The van der Waals surface area contributed by atoms with Crippen molar-refractivity contribution < 1.29 is 17.9 Å². The van der Waals surface area contributed by atoms with E-state index < -0.39 is 11.9 Å². The molecule has 4 rings (SSSR count). The summed E-state index contributed by atoms with van der Waals surface area (Å²) in [5.74, 6) is 0.945. The molecule has 30 heavy (non-hydrogen) atoms.